The molecule has 1 aliphatic rings. The van der Waals surface area contributed by atoms with E-state index in [-0.39, 0.29) is 0 Å². The van der Waals surface area contributed by atoms with Crippen LogP contribution in [0.1, 0.15) is 25.0 Å². The normalized spacial score (nSPS) is 14.4. The number of anilines is 1. The summed E-state index contributed by atoms with van der Waals surface area (Å²) in [6.45, 7) is 6.54. The minimum atomic E-state index is 1.05. The van der Waals surface area contributed by atoms with E-state index in [4.69, 9.17) is 0 Å². The SMILES string of the molecule is CCc1ccccc1N1C=[N+](c2ccccc2CC)CC1. The Morgan fingerprint density at radius 1 is 0.905 bits per heavy atom. The van der Waals surface area contributed by atoms with Gasteiger partial charge in [-0.1, -0.05) is 50.2 Å². The van der Waals surface area contributed by atoms with Gasteiger partial charge < -0.3 is 0 Å². The van der Waals surface area contributed by atoms with Gasteiger partial charge in [-0.3, -0.25) is 0 Å². The Balaban J connectivity index is 1.94. The van der Waals surface area contributed by atoms with Crippen LogP contribution in [0.2, 0.25) is 0 Å². The van der Waals surface area contributed by atoms with Crippen molar-refractivity contribution in [3.63, 3.8) is 0 Å². The van der Waals surface area contributed by atoms with Crippen LogP contribution < -0.4 is 4.90 Å². The van der Waals surface area contributed by atoms with Crippen molar-refractivity contribution in [3.8, 4) is 0 Å². The summed E-state index contributed by atoms with van der Waals surface area (Å²) in [7, 11) is 0. The molecule has 21 heavy (non-hydrogen) atoms. The first-order valence-electron chi connectivity index (χ1n) is 7.87. The van der Waals surface area contributed by atoms with Crippen LogP contribution in [-0.4, -0.2) is 24.0 Å². The van der Waals surface area contributed by atoms with E-state index in [2.05, 4.69) is 78.2 Å². The molecule has 0 unspecified atom stereocenters. The summed E-state index contributed by atoms with van der Waals surface area (Å²) >= 11 is 0. The summed E-state index contributed by atoms with van der Waals surface area (Å²) < 4.78 is 2.38. The van der Waals surface area contributed by atoms with Gasteiger partial charge in [0.1, 0.15) is 24.5 Å². The molecule has 0 aliphatic carbocycles. The molecule has 2 heteroatoms. The third-order valence-corrected chi connectivity index (χ3v) is 4.22. The Bertz CT molecular complexity index is 658. The van der Waals surface area contributed by atoms with E-state index in [1.807, 2.05) is 0 Å². The average molecular weight is 279 g/mol. The van der Waals surface area contributed by atoms with Gasteiger partial charge >= 0.3 is 0 Å². The molecule has 0 aromatic heterocycles. The van der Waals surface area contributed by atoms with Gasteiger partial charge in [0.15, 0.2) is 0 Å². The molecule has 0 atom stereocenters. The van der Waals surface area contributed by atoms with Gasteiger partial charge in [-0.2, -0.15) is 0 Å². The molecule has 0 fully saturated rings. The van der Waals surface area contributed by atoms with Crippen molar-refractivity contribution in [2.75, 3.05) is 18.0 Å². The highest BCUT2D eigenvalue weighted by Crippen LogP contribution is 2.25. The maximum Gasteiger partial charge on any atom is 0.244 e. The molecule has 1 heterocycles. The van der Waals surface area contributed by atoms with E-state index in [0.717, 1.165) is 25.9 Å². The van der Waals surface area contributed by atoms with Crippen molar-refractivity contribution in [1.29, 1.82) is 0 Å². The maximum absolute atomic E-state index is 2.38. The second kappa shape index (κ2) is 6.13. The second-order valence-electron chi connectivity index (χ2n) is 5.47. The van der Waals surface area contributed by atoms with Crippen LogP contribution in [-0.2, 0) is 12.8 Å². The van der Waals surface area contributed by atoms with Crippen molar-refractivity contribution >= 4 is 17.7 Å². The lowest BCUT2D eigenvalue weighted by Gasteiger charge is -2.10. The van der Waals surface area contributed by atoms with E-state index in [1.54, 1.807) is 0 Å². The van der Waals surface area contributed by atoms with Crippen molar-refractivity contribution in [1.82, 2.24) is 0 Å². The quantitative estimate of drug-likeness (QED) is 0.767. The smallest absolute Gasteiger partial charge is 0.229 e. The van der Waals surface area contributed by atoms with Gasteiger partial charge in [0.05, 0.1) is 0 Å². The fraction of sp³-hybridized carbons (Fsp3) is 0.316. The Kier molecular flexibility index (Phi) is 4.05. The lowest BCUT2D eigenvalue weighted by Crippen LogP contribution is -2.19. The van der Waals surface area contributed by atoms with Gasteiger partial charge in [-0.05, 0) is 36.1 Å². The molecule has 2 aromatic rings. The number of rotatable bonds is 4. The van der Waals surface area contributed by atoms with Crippen LogP contribution in [0.25, 0.3) is 0 Å². The van der Waals surface area contributed by atoms with Gasteiger partial charge in [0.25, 0.3) is 0 Å². The highest BCUT2D eigenvalue weighted by atomic mass is 15.3. The van der Waals surface area contributed by atoms with E-state index in [1.165, 1.54) is 22.5 Å². The van der Waals surface area contributed by atoms with Crippen LogP contribution in [0.15, 0.2) is 48.5 Å². The fourth-order valence-corrected chi connectivity index (χ4v) is 3.04. The van der Waals surface area contributed by atoms with E-state index in [9.17, 15) is 0 Å². The molecule has 3 rings (SSSR count). The van der Waals surface area contributed by atoms with Gasteiger partial charge in [0, 0.05) is 0 Å². The molecule has 0 radical (unpaired) electrons. The minimum Gasteiger partial charge on any atom is -0.229 e. The topological polar surface area (TPSA) is 6.25 Å². The molecule has 2 aromatic carbocycles. The largest absolute Gasteiger partial charge is 0.244 e. The molecule has 108 valence electrons. The Morgan fingerprint density at radius 2 is 1.57 bits per heavy atom. The minimum absolute atomic E-state index is 1.05. The maximum atomic E-state index is 2.38. The summed E-state index contributed by atoms with van der Waals surface area (Å²) in [6.07, 6.45) is 4.42. The summed E-state index contributed by atoms with van der Waals surface area (Å²) in [5, 5.41) is 0. The van der Waals surface area contributed by atoms with Crippen molar-refractivity contribution in [2.45, 2.75) is 26.7 Å². The predicted octanol–water partition coefficient (Wildman–Crippen LogP) is 4.00. The van der Waals surface area contributed by atoms with Gasteiger partial charge in [0.2, 0.25) is 6.34 Å². The lowest BCUT2D eigenvalue weighted by atomic mass is 10.1. The molecule has 0 spiro atoms. The monoisotopic (exact) mass is 279 g/mol. The summed E-state index contributed by atoms with van der Waals surface area (Å²) in [4.78, 5) is 2.38. The molecule has 0 saturated heterocycles. The first-order chi connectivity index (χ1) is 10.3. The number of para-hydroxylation sites is 2. The van der Waals surface area contributed by atoms with E-state index < -0.39 is 0 Å². The standard InChI is InChI=1S/C19H23N2/c1-3-16-9-5-7-11-18(16)20-13-14-21(15-20)19-12-8-6-10-17(19)4-2/h5-12,15H,3-4,13-14H2,1-2H3/q+1. The van der Waals surface area contributed by atoms with Gasteiger partial charge in [-0.25, -0.2) is 9.48 Å². The van der Waals surface area contributed by atoms with Crippen molar-refractivity contribution < 1.29 is 4.58 Å². The molecule has 0 saturated carbocycles. The van der Waals surface area contributed by atoms with Crippen LogP contribution in [0.4, 0.5) is 11.4 Å². The number of nitrogens with zero attached hydrogens (tertiary/aromatic N) is 2. The highest BCUT2D eigenvalue weighted by molar-refractivity contribution is 5.79. The average Bonchev–Trinajstić information content (AvgIpc) is 3.04. The summed E-state index contributed by atoms with van der Waals surface area (Å²) in [6, 6.07) is 17.4. The molecule has 0 amide bonds. The summed E-state index contributed by atoms with van der Waals surface area (Å²) in [5.41, 5.74) is 5.52. The molecule has 0 N–H and O–H groups in total. The number of aryl methyl sites for hydroxylation is 2. The van der Waals surface area contributed by atoms with Crippen LogP contribution in [0.5, 0.6) is 0 Å². The molecule has 2 nitrogen and oxygen atoms in total. The third kappa shape index (κ3) is 2.71. The fourth-order valence-electron chi connectivity index (χ4n) is 3.04. The van der Waals surface area contributed by atoms with Gasteiger partial charge in [-0.15, -0.1) is 0 Å². The molecule has 0 bridgehead atoms. The highest BCUT2D eigenvalue weighted by Gasteiger charge is 2.24. The number of benzene rings is 2. The molecular weight excluding hydrogens is 256 g/mol. The zero-order valence-corrected chi connectivity index (χ0v) is 12.9. The molecule has 1 aliphatic heterocycles. The Labute approximate surface area is 127 Å². The Morgan fingerprint density at radius 3 is 2.33 bits per heavy atom. The lowest BCUT2D eigenvalue weighted by molar-refractivity contribution is -0.424. The van der Waals surface area contributed by atoms with E-state index in [0.29, 0.717) is 0 Å². The third-order valence-electron chi connectivity index (χ3n) is 4.22. The summed E-state index contributed by atoms with van der Waals surface area (Å²) in [5.74, 6) is 0. The predicted molar refractivity (Wildman–Crippen MR) is 89.8 cm³/mol. The first-order valence-corrected chi connectivity index (χ1v) is 7.87. The number of hydrogen-bond donors (Lipinski definition) is 0. The molecular formula is C19H23N2+. The van der Waals surface area contributed by atoms with Crippen molar-refractivity contribution in [2.24, 2.45) is 0 Å². The first kappa shape index (κ1) is 13.9. The number of hydrogen-bond acceptors (Lipinski definition) is 1. The Hall–Kier alpha value is -2.09. The van der Waals surface area contributed by atoms with E-state index >= 15 is 0 Å². The van der Waals surface area contributed by atoms with Crippen LogP contribution >= 0.6 is 0 Å². The van der Waals surface area contributed by atoms with Crippen molar-refractivity contribution in [3.05, 3.63) is 59.7 Å². The second-order valence-corrected chi connectivity index (χ2v) is 5.47. The zero-order valence-electron chi connectivity index (χ0n) is 12.9. The van der Waals surface area contributed by atoms with Crippen LogP contribution in [0, 0.1) is 0 Å². The zero-order chi connectivity index (χ0) is 14.7. The van der Waals surface area contributed by atoms with Crippen LogP contribution in [0.3, 0.4) is 0 Å².